The maximum Gasteiger partial charge on any atom is 0.286 e. The van der Waals surface area contributed by atoms with Gasteiger partial charge in [0.2, 0.25) is 5.88 Å². The fourth-order valence-electron chi connectivity index (χ4n) is 4.08. The van der Waals surface area contributed by atoms with Gasteiger partial charge in [-0.3, -0.25) is 9.59 Å². The predicted molar refractivity (Wildman–Crippen MR) is 102 cm³/mol. The smallest absolute Gasteiger partial charge is 0.286 e. The van der Waals surface area contributed by atoms with Gasteiger partial charge in [-0.05, 0) is 61.8 Å². The molecule has 0 radical (unpaired) electrons. The molecular weight excluding hydrogens is 358 g/mol. The van der Waals surface area contributed by atoms with Crippen molar-refractivity contribution in [2.45, 2.75) is 32.1 Å². The van der Waals surface area contributed by atoms with E-state index in [1.807, 2.05) is 11.0 Å². The number of carbonyl (C=O) groups excluding carboxylic acids is 2. The summed E-state index contributed by atoms with van der Waals surface area (Å²) in [7, 11) is 1.56. The lowest BCUT2D eigenvalue weighted by Crippen LogP contribution is -2.43. The summed E-state index contributed by atoms with van der Waals surface area (Å²) >= 11 is 0. The van der Waals surface area contributed by atoms with Crippen molar-refractivity contribution >= 4 is 11.8 Å². The first-order valence-corrected chi connectivity index (χ1v) is 9.83. The van der Waals surface area contributed by atoms with E-state index < -0.39 is 0 Å². The van der Waals surface area contributed by atoms with Crippen LogP contribution in [0.5, 0.6) is 5.88 Å². The summed E-state index contributed by atoms with van der Waals surface area (Å²) in [6, 6.07) is 5.28. The van der Waals surface area contributed by atoms with Crippen LogP contribution in [-0.2, 0) is 12.8 Å². The highest BCUT2D eigenvalue weighted by Gasteiger charge is 2.29. The minimum Gasteiger partial charge on any atom is -0.480 e. The molecule has 3 heterocycles. The molecule has 2 amide bonds. The highest BCUT2D eigenvalue weighted by molar-refractivity contribution is 5.96. The minimum absolute atomic E-state index is 0.0406. The van der Waals surface area contributed by atoms with E-state index in [1.165, 1.54) is 6.26 Å². The molecule has 0 saturated carbocycles. The first kappa shape index (κ1) is 18.5. The second kappa shape index (κ2) is 8.04. The molecular formula is C21H25N3O4. The molecule has 4 rings (SSSR count). The van der Waals surface area contributed by atoms with Crippen LogP contribution in [0.3, 0.4) is 0 Å². The number of carbonyl (C=O) groups is 2. The summed E-state index contributed by atoms with van der Waals surface area (Å²) in [4.78, 5) is 31.6. The van der Waals surface area contributed by atoms with E-state index in [4.69, 9.17) is 9.15 Å². The number of nitrogens with one attached hydrogen (secondary N) is 1. The van der Waals surface area contributed by atoms with Gasteiger partial charge in [0, 0.05) is 25.3 Å². The number of pyridine rings is 1. The summed E-state index contributed by atoms with van der Waals surface area (Å²) in [5.41, 5.74) is 2.75. The molecule has 7 heteroatoms. The highest BCUT2D eigenvalue weighted by Crippen LogP contribution is 2.28. The Kier molecular flexibility index (Phi) is 5.32. The lowest BCUT2D eigenvalue weighted by Gasteiger charge is -2.33. The average Bonchev–Trinajstić information content (AvgIpc) is 3.42. The first-order valence-electron chi connectivity index (χ1n) is 9.83. The Labute approximate surface area is 164 Å². The number of rotatable bonds is 5. The molecule has 2 aromatic rings. The summed E-state index contributed by atoms with van der Waals surface area (Å²) in [5.74, 6) is 0.667. The van der Waals surface area contributed by atoms with Gasteiger partial charge in [0.25, 0.3) is 11.8 Å². The van der Waals surface area contributed by atoms with E-state index in [9.17, 15) is 9.59 Å². The maximum absolute atomic E-state index is 13.2. The zero-order valence-corrected chi connectivity index (χ0v) is 16.1. The number of aryl methyl sites for hydroxylation is 2. The van der Waals surface area contributed by atoms with Crippen molar-refractivity contribution in [3.8, 4) is 5.88 Å². The molecule has 28 heavy (non-hydrogen) atoms. The Balaban J connectivity index is 1.41. The third-order valence-corrected chi connectivity index (χ3v) is 5.54. The van der Waals surface area contributed by atoms with E-state index in [-0.39, 0.29) is 17.7 Å². The number of likely N-dealkylation sites (tertiary alicyclic amines) is 1. The number of ether oxygens (including phenoxy) is 1. The van der Waals surface area contributed by atoms with E-state index in [0.29, 0.717) is 36.8 Å². The van der Waals surface area contributed by atoms with Crippen LogP contribution in [0, 0.1) is 5.92 Å². The first-order chi connectivity index (χ1) is 13.7. The monoisotopic (exact) mass is 383 g/mol. The van der Waals surface area contributed by atoms with E-state index >= 15 is 0 Å². The van der Waals surface area contributed by atoms with Crippen molar-refractivity contribution in [1.29, 1.82) is 0 Å². The second-order valence-electron chi connectivity index (χ2n) is 7.45. The Morgan fingerprint density at radius 1 is 1.36 bits per heavy atom. The molecule has 0 spiro atoms. The lowest BCUT2D eigenvalue weighted by molar-refractivity contribution is 0.0665. The maximum atomic E-state index is 13.2. The normalized spacial score (nSPS) is 18.6. The van der Waals surface area contributed by atoms with Gasteiger partial charge in [0.15, 0.2) is 5.76 Å². The van der Waals surface area contributed by atoms with E-state index in [2.05, 4.69) is 10.3 Å². The van der Waals surface area contributed by atoms with Crippen LogP contribution >= 0.6 is 0 Å². The van der Waals surface area contributed by atoms with Crippen LogP contribution in [-0.4, -0.2) is 48.4 Å². The van der Waals surface area contributed by atoms with Crippen LogP contribution in [0.4, 0.5) is 0 Å². The van der Waals surface area contributed by atoms with E-state index in [0.717, 1.165) is 43.4 Å². The van der Waals surface area contributed by atoms with Crippen molar-refractivity contribution in [2.75, 3.05) is 26.7 Å². The molecule has 1 N–H and O–H groups in total. The van der Waals surface area contributed by atoms with Crippen LogP contribution in [0.1, 0.15) is 51.4 Å². The average molecular weight is 383 g/mol. The van der Waals surface area contributed by atoms with Gasteiger partial charge in [-0.1, -0.05) is 0 Å². The highest BCUT2D eigenvalue weighted by atomic mass is 16.5. The molecule has 1 saturated heterocycles. The number of amides is 2. The molecule has 1 atom stereocenters. The van der Waals surface area contributed by atoms with Crippen LogP contribution < -0.4 is 10.1 Å². The number of hydrogen-bond donors (Lipinski definition) is 1. The predicted octanol–water partition coefficient (Wildman–Crippen LogP) is 2.45. The van der Waals surface area contributed by atoms with E-state index in [1.54, 1.807) is 19.2 Å². The zero-order valence-electron chi connectivity index (χ0n) is 16.1. The molecule has 1 aliphatic carbocycles. The van der Waals surface area contributed by atoms with Crippen molar-refractivity contribution in [2.24, 2.45) is 5.92 Å². The second-order valence-corrected chi connectivity index (χ2v) is 7.45. The number of methoxy groups -OCH3 is 1. The van der Waals surface area contributed by atoms with Gasteiger partial charge in [-0.2, -0.15) is 0 Å². The molecule has 1 aliphatic heterocycles. The molecule has 0 unspecified atom stereocenters. The van der Waals surface area contributed by atoms with Gasteiger partial charge in [-0.15, -0.1) is 0 Å². The largest absolute Gasteiger partial charge is 0.480 e. The number of hydrogen-bond acceptors (Lipinski definition) is 5. The van der Waals surface area contributed by atoms with Gasteiger partial charge >= 0.3 is 0 Å². The summed E-state index contributed by atoms with van der Waals surface area (Å²) < 4.78 is 10.5. The molecule has 2 aromatic heterocycles. The quantitative estimate of drug-likeness (QED) is 0.857. The Bertz CT molecular complexity index is 863. The van der Waals surface area contributed by atoms with Crippen LogP contribution in [0.25, 0.3) is 0 Å². The fraction of sp³-hybridized carbons (Fsp3) is 0.476. The number of piperidine rings is 1. The minimum atomic E-state index is -0.224. The zero-order chi connectivity index (χ0) is 19.5. The Morgan fingerprint density at radius 3 is 3.04 bits per heavy atom. The Morgan fingerprint density at radius 2 is 2.25 bits per heavy atom. The number of fused-ring (bicyclic) bond motifs is 1. The molecule has 7 nitrogen and oxygen atoms in total. The topological polar surface area (TPSA) is 84.7 Å². The lowest BCUT2D eigenvalue weighted by atomic mass is 9.97. The van der Waals surface area contributed by atoms with Gasteiger partial charge in [0.05, 0.1) is 13.4 Å². The van der Waals surface area contributed by atoms with Crippen molar-refractivity contribution in [3.05, 3.63) is 47.0 Å². The third-order valence-electron chi connectivity index (χ3n) is 5.54. The van der Waals surface area contributed by atoms with Crippen molar-refractivity contribution in [3.63, 3.8) is 0 Å². The molecule has 2 aliphatic rings. The number of aromatic nitrogens is 1. The Hall–Kier alpha value is -2.83. The molecule has 0 aromatic carbocycles. The van der Waals surface area contributed by atoms with Crippen LogP contribution in [0.2, 0.25) is 0 Å². The molecule has 1 fully saturated rings. The SMILES string of the molecule is COc1nc2c(cc1C(=O)N1CCC[C@@H](CNC(=O)c3ccco3)C1)CCC2. The number of furan rings is 1. The van der Waals surface area contributed by atoms with Gasteiger partial charge in [-0.25, -0.2) is 4.98 Å². The van der Waals surface area contributed by atoms with Crippen molar-refractivity contribution < 1.29 is 18.7 Å². The third kappa shape index (κ3) is 3.74. The van der Waals surface area contributed by atoms with Gasteiger partial charge < -0.3 is 19.4 Å². The fourth-order valence-corrected chi connectivity index (χ4v) is 4.08. The van der Waals surface area contributed by atoms with Crippen LogP contribution in [0.15, 0.2) is 28.9 Å². The standard InChI is InChI=1S/C21H25N3O4/c1-27-20-16(11-15-6-2-7-17(15)23-20)21(26)24-9-3-5-14(13-24)12-22-19(25)18-8-4-10-28-18/h4,8,10-11,14H,2-3,5-7,9,12-13H2,1H3,(H,22,25)/t14-/m0/s1. The number of nitrogens with zero attached hydrogens (tertiary/aromatic N) is 2. The molecule has 148 valence electrons. The summed E-state index contributed by atoms with van der Waals surface area (Å²) in [6.45, 7) is 1.84. The van der Waals surface area contributed by atoms with Gasteiger partial charge in [0.1, 0.15) is 5.56 Å². The molecule has 0 bridgehead atoms. The van der Waals surface area contributed by atoms with Crippen molar-refractivity contribution in [1.82, 2.24) is 15.2 Å². The summed E-state index contributed by atoms with van der Waals surface area (Å²) in [6.07, 6.45) is 6.35. The summed E-state index contributed by atoms with van der Waals surface area (Å²) in [5, 5.41) is 2.90.